The lowest BCUT2D eigenvalue weighted by molar-refractivity contribution is -0.192. The van der Waals surface area contributed by atoms with Crippen molar-refractivity contribution in [1.82, 2.24) is 5.32 Å². The van der Waals surface area contributed by atoms with Crippen LogP contribution in [-0.2, 0) is 9.53 Å². The Labute approximate surface area is 234 Å². The van der Waals surface area contributed by atoms with Gasteiger partial charge in [0.1, 0.15) is 11.9 Å². The first kappa shape index (κ1) is 28.9. The molecule has 10 heteroatoms. The average molecular weight is 562 g/mol. The van der Waals surface area contributed by atoms with Crippen molar-refractivity contribution in [1.29, 1.82) is 0 Å². The number of nitrogens with zero attached hydrogens (tertiary/aromatic N) is 1. The summed E-state index contributed by atoms with van der Waals surface area (Å²) in [5.74, 6) is -2.13. The SMILES string of the molecule is O=C(Nc1ccccc1)OC(C1=NC(c2ccccc2)C(c2ccccc2)N1)c1ccccc1.O=C(O)C(F)(F)F. The predicted octanol–water partition coefficient (Wildman–Crippen LogP) is 7.09. The van der Waals surface area contributed by atoms with Crippen LogP contribution in [0.25, 0.3) is 0 Å². The summed E-state index contributed by atoms with van der Waals surface area (Å²) in [6.07, 6.45) is -6.30. The predicted molar refractivity (Wildman–Crippen MR) is 148 cm³/mol. The van der Waals surface area contributed by atoms with Gasteiger partial charge in [-0.25, -0.2) is 9.59 Å². The van der Waals surface area contributed by atoms with E-state index in [-0.39, 0.29) is 12.1 Å². The number of anilines is 1. The number of aliphatic carboxylic acids is 1. The summed E-state index contributed by atoms with van der Waals surface area (Å²) in [6, 6.07) is 39.1. The van der Waals surface area contributed by atoms with Crippen molar-refractivity contribution in [2.75, 3.05) is 5.32 Å². The van der Waals surface area contributed by atoms with E-state index in [1.54, 1.807) is 0 Å². The fraction of sp³-hybridized carbons (Fsp3) is 0.129. The lowest BCUT2D eigenvalue weighted by Crippen LogP contribution is -2.32. The number of amidine groups is 1. The third kappa shape index (κ3) is 7.95. The molecule has 4 aromatic carbocycles. The first-order valence-electron chi connectivity index (χ1n) is 12.5. The van der Waals surface area contributed by atoms with Crippen LogP contribution in [0, 0.1) is 0 Å². The second-order valence-corrected chi connectivity index (χ2v) is 8.89. The Balaban J connectivity index is 0.000000493. The Bertz CT molecular complexity index is 1450. The van der Waals surface area contributed by atoms with Gasteiger partial charge >= 0.3 is 18.2 Å². The van der Waals surface area contributed by atoms with Gasteiger partial charge in [0.2, 0.25) is 0 Å². The largest absolute Gasteiger partial charge is 0.490 e. The lowest BCUT2D eigenvalue weighted by atomic mass is 9.95. The van der Waals surface area contributed by atoms with Crippen LogP contribution in [0.5, 0.6) is 0 Å². The zero-order chi connectivity index (χ0) is 29.2. The molecule has 0 saturated heterocycles. The number of hydrogen-bond acceptors (Lipinski definition) is 5. The van der Waals surface area contributed by atoms with Gasteiger partial charge < -0.3 is 15.2 Å². The highest BCUT2D eigenvalue weighted by Crippen LogP contribution is 2.38. The molecule has 0 aliphatic carbocycles. The number of rotatable bonds is 6. The van der Waals surface area contributed by atoms with E-state index < -0.39 is 24.3 Å². The van der Waals surface area contributed by atoms with E-state index in [4.69, 9.17) is 19.6 Å². The molecule has 0 saturated carbocycles. The smallest absolute Gasteiger partial charge is 0.475 e. The molecule has 4 aromatic rings. The van der Waals surface area contributed by atoms with Crippen LogP contribution in [0.2, 0.25) is 0 Å². The van der Waals surface area contributed by atoms with Crippen molar-refractivity contribution in [2.24, 2.45) is 4.99 Å². The number of nitrogens with one attached hydrogen (secondary N) is 2. The van der Waals surface area contributed by atoms with Gasteiger partial charge in [-0.3, -0.25) is 10.3 Å². The molecule has 1 aliphatic heterocycles. The number of alkyl halides is 3. The maximum atomic E-state index is 12.8. The minimum absolute atomic E-state index is 0.0782. The van der Waals surface area contributed by atoms with Gasteiger partial charge in [-0.2, -0.15) is 13.2 Å². The number of ether oxygens (including phenoxy) is 1. The lowest BCUT2D eigenvalue weighted by Gasteiger charge is -2.22. The molecule has 1 aliphatic rings. The van der Waals surface area contributed by atoms with Crippen molar-refractivity contribution < 1.29 is 32.6 Å². The van der Waals surface area contributed by atoms with Crippen LogP contribution in [0.3, 0.4) is 0 Å². The van der Waals surface area contributed by atoms with Crippen molar-refractivity contribution >= 4 is 23.6 Å². The average Bonchev–Trinajstić information content (AvgIpc) is 3.43. The molecular formula is C31H26F3N3O4. The minimum atomic E-state index is -5.08. The topological polar surface area (TPSA) is 100 Å². The van der Waals surface area contributed by atoms with Crippen molar-refractivity contribution in [3.63, 3.8) is 0 Å². The Kier molecular flexibility index (Phi) is 9.36. The van der Waals surface area contributed by atoms with E-state index in [0.717, 1.165) is 16.7 Å². The summed E-state index contributed by atoms with van der Waals surface area (Å²) >= 11 is 0. The second kappa shape index (κ2) is 13.3. The summed E-state index contributed by atoms with van der Waals surface area (Å²) in [5, 5.41) is 13.5. The summed E-state index contributed by atoms with van der Waals surface area (Å²) in [5.41, 5.74) is 3.73. The number of halogens is 3. The van der Waals surface area contributed by atoms with Crippen molar-refractivity contribution in [2.45, 2.75) is 24.4 Å². The Morgan fingerprint density at radius 3 is 1.76 bits per heavy atom. The molecular weight excluding hydrogens is 535 g/mol. The van der Waals surface area contributed by atoms with E-state index in [2.05, 4.69) is 34.9 Å². The molecule has 3 N–H and O–H groups in total. The summed E-state index contributed by atoms with van der Waals surface area (Å²) < 4.78 is 37.7. The normalized spacial score (nSPS) is 16.7. The highest BCUT2D eigenvalue weighted by Gasteiger charge is 2.38. The highest BCUT2D eigenvalue weighted by atomic mass is 19.4. The van der Waals surface area contributed by atoms with Crippen LogP contribution < -0.4 is 10.6 Å². The van der Waals surface area contributed by atoms with E-state index >= 15 is 0 Å². The van der Waals surface area contributed by atoms with Gasteiger partial charge in [0, 0.05) is 11.3 Å². The standard InChI is InChI=1S/C29H25N3O2.C2HF3O2/c33-29(30-24-19-11-4-12-20-24)34-27(23-17-9-3-10-18-23)28-31-25(21-13-5-1-6-14-21)26(32-28)22-15-7-2-8-16-22;3-2(4,5)1(6)7/h1-20,25-27H,(H,30,33)(H,31,32);(H,6,7). The van der Waals surface area contributed by atoms with Gasteiger partial charge in [-0.15, -0.1) is 0 Å². The monoisotopic (exact) mass is 561 g/mol. The summed E-state index contributed by atoms with van der Waals surface area (Å²) in [7, 11) is 0. The first-order valence-corrected chi connectivity index (χ1v) is 12.5. The van der Waals surface area contributed by atoms with Crippen LogP contribution in [0.1, 0.15) is 34.9 Å². The van der Waals surface area contributed by atoms with Gasteiger partial charge in [0.25, 0.3) is 0 Å². The van der Waals surface area contributed by atoms with Crippen LogP contribution in [0.4, 0.5) is 23.7 Å². The zero-order valence-electron chi connectivity index (χ0n) is 21.5. The number of carboxylic acids is 1. The molecule has 0 radical (unpaired) electrons. The summed E-state index contributed by atoms with van der Waals surface area (Å²) in [6.45, 7) is 0. The fourth-order valence-corrected chi connectivity index (χ4v) is 4.17. The fourth-order valence-electron chi connectivity index (χ4n) is 4.17. The third-order valence-corrected chi connectivity index (χ3v) is 6.04. The Morgan fingerprint density at radius 2 is 1.24 bits per heavy atom. The summed E-state index contributed by atoms with van der Waals surface area (Å²) in [4.78, 5) is 26.8. The molecule has 3 atom stereocenters. The minimum Gasteiger partial charge on any atom is -0.475 e. The molecule has 0 spiro atoms. The number of hydrogen-bond donors (Lipinski definition) is 3. The zero-order valence-corrected chi connectivity index (χ0v) is 21.5. The molecule has 41 heavy (non-hydrogen) atoms. The third-order valence-electron chi connectivity index (χ3n) is 6.04. The van der Waals surface area contributed by atoms with Gasteiger partial charge in [-0.1, -0.05) is 109 Å². The van der Waals surface area contributed by atoms with Crippen LogP contribution in [0.15, 0.2) is 126 Å². The Morgan fingerprint density at radius 1 is 0.780 bits per heavy atom. The van der Waals surface area contributed by atoms with Gasteiger partial charge in [0.05, 0.1) is 6.04 Å². The number of amides is 1. The number of aliphatic imine (C=N–C) groups is 1. The van der Waals surface area contributed by atoms with Gasteiger partial charge in [0.15, 0.2) is 6.10 Å². The van der Waals surface area contributed by atoms with Crippen LogP contribution in [-0.4, -0.2) is 29.2 Å². The molecule has 0 bridgehead atoms. The molecule has 3 unspecified atom stereocenters. The van der Waals surface area contributed by atoms with Crippen molar-refractivity contribution in [3.05, 3.63) is 138 Å². The van der Waals surface area contributed by atoms with Crippen molar-refractivity contribution in [3.8, 4) is 0 Å². The molecule has 0 aromatic heterocycles. The van der Waals surface area contributed by atoms with E-state index in [1.165, 1.54) is 0 Å². The number of carbonyl (C=O) groups excluding carboxylic acids is 1. The molecule has 210 valence electrons. The van der Waals surface area contributed by atoms with E-state index in [0.29, 0.717) is 11.5 Å². The molecule has 1 heterocycles. The maximum Gasteiger partial charge on any atom is 0.490 e. The maximum absolute atomic E-state index is 12.8. The Hall–Kier alpha value is -5.12. The second-order valence-electron chi connectivity index (χ2n) is 8.89. The molecule has 1 amide bonds. The van der Waals surface area contributed by atoms with E-state index in [1.807, 2.05) is 97.1 Å². The van der Waals surface area contributed by atoms with Crippen LogP contribution >= 0.6 is 0 Å². The number of para-hydroxylation sites is 1. The quantitative estimate of drug-likeness (QED) is 0.233. The number of carboxylic acid groups (broad SMARTS) is 1. The van der Waals surface area contributed by atoms with E-state index in [9.17, 15) is 18.0 Å². The van der Waals surface area contributed by atoms with Gasteiger partial charge in [-0.05, 0) is 23.3 Å². The molecule has 7 nitrogen and oxygen atoms in total. The number of benzene rings is 4. The molecule has 5 rings (SSSR count). The molecule has 0 fully saturated rings. The number of carbonyl (C=O) groups is 2. The highest BCUT2D eigenvalue weighted by molar-refractivity contribution is 5.93. The first-order chi connectivity index (χ1) is 19.7.